The van der Waals surface area contributed by atoms with E-state index in [0.717, 1.165) is 28.4 Å². The molecule has 0 saturated heterocycles. The number of para-hydroxylation sites is 1. The van der Waals surface area contributed by atoms with Gasteiger partial charge < -0.3 is 21.4 Å². The highest BCUT2D eigenvalue weighted by Crippen LogP contribution is 2.29. The van der Waals surface area contributed by atoms with Gasteiger partial charge in [0, 0.05) is 45.8 Å². The van der Waals surface area contributed by atoms with Crippen molar-refractivity contribution in [1.29, 1.82) is 0 Å². The Morgan fingerprint density at radius 3 is 2.58 bits per heavy atom. The largest absolute Gasteiger partial charge is 0.383 e. The number of fused-ring (bicyclic) bond motifs is 4. The van der Waals surface area contributed by atoms with E-state index in [4.69, 9.17) is 11.5 Å². The van der Waals surface area contributed by atoms with Gasteiger partial charge in [-0.15, -0.1) is 0 Å². The number of carbonyl (C=O) groups is 1. The maximum Gasteiger partial charge on any atom is 0.251 e. The fourth-order valence-electron chi connectivity index (χ4n) is 4.14. The Kier molecular flexibility index (Phi) is 4.43. The molecule has 0 saturated carbocycles. The van der Waals surface area contributed by atoms with E-state index in [9.17, 15) is 4.79 Å². The second-order valence-corrected chi connectivity index (χ2v) is 7.49. The molecule has 1 amide bonds. The van der Waals surface area contributed by atoms with Crippen molar-refractivity contribution >= 4 is 50.4 Å². The second kappa shape index (κ2) is 7.28. The molecule has 7 nitrogen and oxygen atoms in total. The Bertz CT molecular complexity index is 1470. The maximum absolute atomic E-state index is 12.9. The fraction of sp³-hybridized carbons (Fsp3) is 0.125. The number of anilines is 2. The number of nitrogens with zero attached hydrogens (tertiary/aromatic N) is 3. The summed E-state index contributed by atoms with van der Waals surface area (Å²) in [5, 5.41) is 6.06. The van der Waals surface area contributed by atoms with Crippen LogP contribution in [0.2, 0.25) is 0 Å². The topological polar surface area (TPSA) is 112 Å². The number of hydrogen-bond donors (Lipinski definition) is 3. The van der Waals surface area contributed by atoms with E-state index in [0.29, 0.717) is 23.4 Å². The van der Waals surface area contributed by atoms with Gasteiger partial charge in [-0.1, -0.05) is 30.3 Å². The summed E-state index contributed by atoms with van der Waals surface area (Å²) < 4.78 is 2.24. The summed E-state index contributed by atoms with van der Waals surface area (Å²) in [7, 11) is 0. The molecule has 0 aliphatic carbocycles. The monoisotopic (exact) mass is 410 g/mol. The molecule has 0 aliphatic rings. The summed E-state index contributed by atoms with van der Waals surface area (Å²) >= 11 is 0. The smallest absolute Gasteiger partial charge is 0.251 e. The van der Waals surface area contributed by atoms with Crippen LogP contribution in [0.5, 0.6) is 0 Å². The molecule has 0 bridgehead atoms. The summed E-state index contributed by atoms with van der Waals surface area (Å²) in [4.78, 5) is 21.0. The van der Waals surface area contributed by atoms with E-state index in [-0.39, 0.29) is 11.9 Å². The fourth-order valence-corrected chi connectivity index (χ4v) is 4.14. The lowest BCUT2D eigenvalue weighted by molar-refractivity contribution is 0.0951. The van der Waals surface area contributed by atoms with Crippen molar-refractivity contribution in [1.82, 2.24) is 19.9 Å². The maximum atomic E-state index is 12.9. The summed E-state index contributed by atoms with van der Waals surface area (Å²) in [5.41, 5.74) is 16.1. The number of hydrogen-bond acceptors (Lipinski definition) is 5. The van der Waals surface area contributed by atoms with Crippen LogP contribution in [0, 0.1) is 0 Å². The van der Waals surface area contributed by atoms with E-state index in [2.05, 4.69) is 38.9 Å². The average Bonchev–Trinajstić information content (AvgIpc) is 3.10. The number of nitrogen functional groups attached to an aromatic ring is 2. The minimum absolute atomic E-state index is 0.128. The van der Waals surface area contributed by atoms with Crippen molar-refractivity contribution in [2.45, 2.75) is 20.0 Å². The number of amides is 1. The first-order valence-corrected chi connectivity index (χ1v) is 10.2. The number of aromatic nitrogens is 3. The molecule has 0 spiro atoms. The van der Waals surface area contributed by atoms with Gasteiger partial charge in [-0.3, -0.25) is 4.79 Å². The molecule has 2 aromatic heterocycles. The number of benzene rings is 3. The third kappa shape index (κ3) is 3.20. The van der Waals surface area contributed by atoms with E-state index >= 15 is 0 Å². The molecule has 5 N–H and O–H groups in total. The highest BCUT2D eigenvalue weighted by atomic mass is 16.1. The van der Waals surface area contributed by atoms with Gasteiger partial charge in [-0.2, -0.15) is 4.98 Å². The van der Waals surface area contributed by atoms with Crippen molar-refractivity contribution in [2.75, 3.05) is 11.5 Å². The average molecular weight is 410 g/mol. The Morgan fingerprint density at radius 1 is 0.935 bits per heavy atom. The van der Waals surface area contributed by atoms with Crippen molar-refractivity contribution in [3.05, 3.63) is 71.8 Å². The van der Waals surface area contributed by atoms with Crippen LogP contribution < -0.4 is 16.8 Å². The van der Waals surface area contributed by atoms with Gasteiger partial charge in [-0.05, 0) is 42.8 Å². The number of carbonyl (C=O) groups excluding carboxylic acids is 1. The molecule has 0 atom stereocenters. The number of aryl methyl sites for hydroxylation is 1. The molecule has 0 aliphatic heterocycles. The van der Waals surface area contributed by atoms with Crippen molar-refractivity contribution in [3.63, 3.8) is 0 Å². The van der Waals surface area contributed by atoms with Gasteiger partial charge in [0.2, 0.25) is 5.95 Å². The van der Waals surface area contributed by atoms with Gasteiger partial charge >= 0.3 is 0 Å². The SMILES string of the molecule is CCn1c2ccccc2c2ccc(C(=O)NCc3ccc4nc(N)nc(N)c4c3)cc21. The standard InChI is InChI=1S/C24H22N6O/c1-2-30-20-6-4-3-5-16(20)17-9-8-15(12-21(17)30)23(31)27-13-14-7-10-19-18(11-14)22(25)29-24(26)28-19/h3-12H,2,13H2,1H3,(H,27,31)(H4,25,26,28,29). The van der Waals surface area contributed by atoms with Crippen LogP contribution in [0.1, 0.15) is 22.8 Å². The molecule has 31 heavy (non-hydrogen) atoms. The van der Waals surface area contributed by atoms with Gasteiger partial charge in [0.15, 0.2) is 0 Å². The molecule has 0 unspecified atom stereocenters. The lowest BCUT2D eigenvalue weighted by Gasteiger charge is -2.09. The number of nitrogens with one attached hydrogen (secondary N) is 1. The predicted molar refractivity (Wildman–Crippen MR) is 125 cm³/mol. The normalized spacial score (nSPS) is 11.4. The zero-order chi connectivity index (χ0) is 21.5. The third-order valence-corrected chi connectivity index (χ3v) is 5.61. The van der Waals surface area contributed by atoms with Crippen molar-refractivity contribution in [3.8, 4) is 0 Å². The summed E-state index contributed by atoms with van der Waals surface area (Å²) in [6.07, 6.45) is 0. The van der Waals surface area contributed by atoms with E-state index in [1.54, 1.807) is 0 Å². The van der Waals surface area contributed by atoms with Crippen LogP contribution in [0.15, 0.2) is 60.7 Å². The van der Waals surface area contributed by atoms with Crippen LogP contribution in [0.4, 0.5) is 11.8 Å². The van der Waals surface area contributed by atoms with Crippen LogP contribution in [0.3, 0.4) is 0 Å². The molecule has 7 heteroatoms. The van der Waals surface area contributed by atoms with Gasteiger partial charge in [0.25, 0.3) is 5.91 Å². The molecule has 5 aromatic rings. The molecule has 3 aromatic carbocycles. The first-order chi connectivity index (χ1) is 15.0. The summed E-state index contributed by atoms with van der Waals surface area (Å²) in [6.45, 7) is 3.31. The van der Waals surface area contributed by atoms with Crippen molar-refractivity contribution in [2.24, 2.45) is 0 Å². The minimum Gasteiger partial charge on any atom is -0.383 e. The van der Waals surface area contributed by atoms with Gasteiger partial charge in [0.05, 0.1) is 5.52 Å². The van der Waals surface area contributed by atoms with E-state index in [1.165, 1.54) is 10.9 Å². The van der Waals surface area contributed by atoms with E-state index in [1.807, 2.05) is 48.5 Å². The first-order valence-electron chi connectivity index (χ1n) is 10.2. The Morgan fingerprint density at radius 2 is 1.74 bits per heavy atom. The van der Waals surface area contributed by atoms with Crippen LogP contribution in [-0.2, 0) is 13.1 Å². The van der Waals surface area contributed by atoms with Crippen LogP contribution in [0.25, 0.3) is 32.7 Å². The summed E-state index contributed by atoms with van der Waals surface area (Å²) in [6, 6.07) is 19.8. The Hall–Kier alpha value is -4.13. The van der Waals surface area contributed by atoms with Gasteiger partial charge in [-0.25, -0.2) is 4.98 Å². The number of rotatable bonds is 4. The quantitative estimate of drug-likeness (QED) is 0.417. The van der Waals surface area contributed by atoms with Crippen LogP contribution in [-0.4, -0.2) is 20.4 Å². The third-order valence-electron chi connectivity index (χ3n) is 5.61. The molecular weight excluding hydrogens is 388 g/mol. The predicted octanol–water partition coefficient (Wildman–Crippen LogP) is 3.85. The van der Waals surface area contributed by atoms with Crippen LogP contribution >= 0.6 is 0 Å². The molecule has 0 fully saturated rings. The Balaban J connectivity index is 1.43. The molecule has 5 rings (SSSR count). The lowest BCUT2D eigenvalue weighted by Crippen LogP contribution is -2.22. The highest BCUT2D eigenvalue weighted by Gasteiger charge is 2.13. The lowest BCUT2D eigenvalue weighted by atomic mass is 10.1. The highest BCUT2D eigenvalue weighted by molar-refractivity contribution is 6.10. The van der Waals surface area contributed by atoms with Gasteiger partial charge in [0.1, 0.15) is 5.82 Å². The first kappa shape index (κ1) is 18.9. The zero-order valence-corrected chi connectivity index (χ0v) is 17.1. The number of nitrogens with two attached hydrogens (primary N) is 2. The molecular formula is C24H22N6O. The molecule has 154 valence electrons. The minimum atomic E-state index is -0.128. The Labute approximate surface area is 178 Å². The molecule has 0 radical (unpaired) electrons. The second-order valence-electron chi connectivity index (χ2n) is 7.49. The zero-order valence-electron chi connectivity index (χ0n) is 17.1. The van der Waals surface area contributed by atoms with E-state index < -0.39 is 0 Å². The van der Waals surface area contributed by atoms with Crippen molar-refractivity contribution < 1.29 is 4.79 Å². The molecule has 2 heterocycles. The summed E-state index contributed by atoms with van der Waals surface area (Å²) in [5.74, 6) is 0.343.